The van der Waals surface area contributed by atoms with Gasteiger partial charge in [0.1, 0.15) is 18.1 Å². The number of benzene rings is 2. The second-order valence-electron chi connectivity index (χ2n) is 8.05. The number of nitrogens with one attached hydrogen (secondary N) is 1. The van der Waals surface area contributed by atoms with Gasteiger partial charge < -0.3 is 14.5 Å². The molecule has 1 amide bonds. The van der Waals surface area contributed by atoms with Crippen LogP contribution in [0.25, 0.3) is 0 Å². The van der Waals surface area contributed by atoms with Gasteiger partial charge in [0.05, 0.1) is 23.6 Å². The number of aromatic nitrogens is 2. The van der Waals surface area contributed by atoms with Crippen molar-refractivity contribution in [3.8, 4) is 5.75 Å². The Bertz CT molecular complexity index is 1310. The van der Waals surface area contributed by atoms with Gasteiger partial charge in [-0.05, 0) is 74.7 Å². The zero-order chi connectivity index (χ0) is 23.5. The highest BCUT2D eigenvalue weighted by Gasteiger charge is 2.18. The number of ether oxygens (including phenoxy) is 1. The summed E-state index contributed by atoms with van der Waals surface area (Å²) in [6.45, 7) is 8.67. The number of nitrogens with zero attached hydrogens (tertiary/aromatic N) is 2. The number of furan rings is 1. The van der Waals surface area contributed by atoms with Crippen LogP contribution in [-0.4, -0.2) is 15.7 Å². The van der Waals surface area contributed by atoms with Gasteiger partial charge in [-0.15, -0.1) is 0 Å². The molecule has 0 aliphatic heterocycles. The molecular formula is C26H26ClN3O3. The first-order chi connectivity index (χ1) is 15.8. The Morgan fingerprint density at radius 3 is 2.61 bits per heavy atom. The summed E-state index contributed by atoms with van der Waals surface area (Å²) in [5, 5.41) is 8.25. The molecule has 0 aliphatic rings. The molecule has 0 bridgehead atoms. The van der Waals surface area contributed by atoms with Crippen LogP contribution < -0.4 is 10.1 Å². The van der Waals surface area contributed by atoms with Crippen molar-refractivity contribution in [2.45, 2.75) is 40.8 Å². The molecule has 0 saturated carbocycles. The molecule has 7 heteroatoms. The highest BCUT2D eigenvalue weighted by molar-refractivity contribution is 6.31. The lowest BCUT2D eigenvalue weighted by atomic mass is 10.1. The van der Waals surface area contributed by atoms with Crippen molar-refractivity contribution in [3.05, 3.63) is 99.2 Å². The molecule has 0 spiro atoms. The van der Waals surface area contributed by atoms with E-state index in [4.69, 9.17) is 20.8 Å². The average Bonchev–Trinajstić information content (AvgIpc) is 3.37. The van der Waals surface area contributed by atoms with Crippen LogP contribution in [0.3, 0.4) is 0 Å². The lowest BCUT2D eigenvalue weighted by Crippen LogP contribution is -2.12. The summed E-state index contributed by atoms with van der Waals surface area (Å²) in [5.41, 5.74) is 5.66. The van der Waals surface area contributed by atoms with Crippen LogP contribution in [0.15, 0.2) is 59.0 Å². The largest absolute Gasteiger partial charge is 0.486 e. The fraction of sp³-hybridized carbons (Fsp3) is 0.231. The summed E-state index contributed by atoms with van der Waals surface area (Å²) >= 11 is 6.05. The standard InChI is InChI=1S/C26H26ClN3O3/c1-16-7-5-6-8-20(16)14-30-19(4)25(18(3)29-30)28-26(31)24-12-10-22(33-24)15-32-21-9-11-23(27)17(2)13-21/h5-13H,14-15H2,1-4H3,(H,28,31). The highest BCUT2D eigenvalue weighted by atomic mass is 35.5. The normalized spacial score (nSPS) is 10.9. The van der Waals surface area contributed by atoms with Crippen molar-refractivity contribution >= 4 is 23.2 Å². The molecule has 0 atom stereocenters. The predicted molar refractivity (Wildman–Crippen MR) is 129 cm³/mol. The summed E-state index contributed by atoms with van der Waals surface area (Å²) in [4.78, 5) is 12.8. The van der Waals surface area contributed by atoms with Gasteiger partial charge in [0.15, 0.2) is 5.76 Å². The van der Waals surface area contributed by atoms with Gasteiger partial charge in [-0.1, -0.05) is 35.9 Å². The van der Waals surface area contributed by atoms with Gasteiger partial charge in [0.25, 0.3) is 5.91 Å². The van der Waals surface area contributed by atoms with Crippen molar-refractivity contribution in [2.75, 3.05) is 5.32 Å². The summed E-state index contributed by atoms with van der Waals surface area (Å²) < 4.78 is 13.4. The first-order valence-electron chi connectivity index (χ1n) is 10.7. The maximum Gasteiger partial charge on any atom is 0.291 e. The quantitative estimate of drug-likeness (QED) is 0.352. The van der Waals surface area contributed by atoms with Crippen molar-refractivity contribution in [2.24, 2.45) is 0 Å². The Morgan fingerprint density at radius 2 is 1.85 bits per heavy atom. The Kier molecular flexibility index (Phi) is 6.56. The predicted octanol–water partition coefficient (Wildman–Crippen LogP) is 6.24. The fourth-order valence-corrected chi connectivity index (χ4v) is 3.71. The van der Waals surface area contributed by atoms with Crippen LogP contribution in [0.5, 0.6) is 5.75 Å². The molecule has 1 N–H and O–H groups in total. The molecule has 0 unspecified atom stereocenters. The maximum absolute atomic E-state index is 12.8. The third kappa shape index (κ3) is 5.12. The third-order valence-electron chi connectivity index (χ3n) is 5.60. The van der Waals surface area contributed by atoms with E-state index in [1.807, 2.05) is 43.7 Å². The Morgan fingerprint density at radius 1 is 1.06 bits per heavy atom. The molecule has 0 aliphatic carbocycles. The lowest BCUT2D eigenvalue weighted by molar-refractivity contribution is 0.0992. The molecule has 0 fully saturated rings. The molecule has 2 aromatic heterocycles. The SMILES string of the molecule is Cc1cc(OCc2ccc(C(=O)Nc3c(C)nn(Cc4ccccc4C)c3C)o2)ccc1Cl. The minimum atomic E-state index is -0.328. The molecule has 4 rings (SSSR count). The zero-order valence-electron chi connectivity index (χ0n) is 19.1. The number of rotatable bonds is 7. The Labute approximate surface area is 198 Å². The number of halogens is 1. The Hall–Kier alpha value is -3.51. The second-order valence-corrected chi connectivity index (χ2v) is 8.46. The van der Waals surface area contributed by atoms with Gasteiger partial charge in [0, 0.05) is 5.02 Å². The monoisotopic (exact) mass is 463 g/mol. The molecule has 6 nitrogen and oxygen atoms in total. The summed E-state index contributed by atoms with van der Waals surface area (Å²) in [6, 6.07) is 17.0. The maximum atomic E-state index is 12.8. The molecule has 33 heavy (non-hydrogen) atoms. The lowest BCUT2D eigenvalue weighted by Gasteiger charge is -2.08. The smallest absolute Gasteiger partial charge is 0.291 e. The van der Waals surface area contributed by atoms with Gasteiger partial charge in [-0.2, -0.15) is 5.10 Å². The van der Waals surface area contributed by atoms with Crippen molar-refractivity contribution in [1.82, 2.24) is 9.78 Å². The minimum absolute atomic E-state index is 0.209. The van der Waals surface area contributed by atoms with Crippen molar-refractivity contribution in [3.63, 3.8) is 0 Å². The number of anilines is 1. The van der Waals surface area contributed by atoms with Crippen LogP contribution in [0.2, 0.25) is 5.02 Å². The number of hydrogen-bond acceptors (Lipinski definition) is 4. The van der Waals surface area contributed by atoms with Crippen molar-refractivity contribution in [1.29, 1.82) is 0 Å². The molecular weight excluding hydrogens is 438 g/mol. The van der Waals surface area contributed by atoms with E-state index >= 15 is 0 Å². The van der Waals surface area contributed by atoms with Crippen LogP contribution in [0, 0.1) is 27.7 Å². The van der Waals surface area contributed by atoms with E-state index in [1.165, 1.54) is 11.1 Å². The summed E-state index contributed by atoms with van der Waals surface area (Å²) in [5.74, 6) is 1.12. The molecule has 170 valence electrons. The second kappa shape index (κ2) is 9.55. The van der Waals surface area contributed by atoms with Gasteiger partial charge >= 0.3 is 0 Å². The number of aryl methyl sites for hydroxylation is 3. The van der Waals surface area contributed by atoms with Crippen LogP contribution in [0.1, 0.15) is 44.4 Å². The van der Waals surface area contributed by atoms with Crippen LogP contribution >= 0.6 is 11.6 Å². The molecule has 0 radical (unpaired) electrons. The average molecular weight is 464 g/mol. The fourth-order valence-electron chi connectivity index (χ4n) is 3.59. The minimum Gasteiger partial charge on any atom is -0.486 e. The van der Waals surface area contributed by atoms with E-state index in [1.54, 1.807) is 24.3 Å². The zero-order valence-corrected chi connectivity index (χ0v) is 19.9. The van der Waals surface area contributed by atoms with E-state index in [2.05, 4.69) is 29.5 Å². The van der Waals surface area contributed by atoms with Crippen LogP contribution in [-0.2, 0) is 13.2 Å². The van der Waals surface area contributed by atoms with E-state index in [0.717, 1.165) is 17.0 Å². The van der Waals surface area contributed by atoms with Crippen LogP contribution in [0.4, 0.5) is 5.69 Å². The molecule has 0 saturated heterocycles. The van der Waals surface area contributed by atoms with E-state index in [0.29, 0.717) is 28.8 Å². The molecule has 2 aromatic carbocycles. The summed E-state index contributed by atoms with van der Waals surface area (Å²) in [7, 11) is 0. The van der Waals surface area contributed by atoms with E-state index < -0.39 is 0 Å². The number of hydrogen-bond donors (Lipinski definition) is 1. The van der Waals surface area contributed by atoms with E-state index in [-0.39, 0.29) is 18.3 Å². The van der Waals surface area contributed by atoms with Gasteiger partial charge in [0.2, 0.25) is 0 Å². The first-order valence-corrected chi connectivity index (χ1v) is 11.1. The number of carbonyl (C=O) groups is 1. The van der Waals surface area contributed by atoms with Gasteiger partial charge in [-0.3, -0.25) is 9.48 Å². The number of amides is 1. The van der Waals surface area contributed by atoms with E-state index in [9.17, 15) is 4.79 Å². The number of carbonyl (C=O) groups excluding carboxylic acids is 1. The molecule has 4 aromatic rings. The summed E-state index contributed by atoms with van der Waals surface area (Å²) in [6.07, 6.45) is 0. The third-order valence-corrected chi connectivity index (χ3v) is 6.02. The molecule has 2 heterocycles. The first kappa shape index (κ1) is 22.7. The Balaban J connectivity index is 1.42. The highest BCUT2D eigenvalue weighted by Crippen LogP contribution is 2.24. The topological polar surface area (TPSA) is 69.3 Å². The van der Waals surface area contributed by atoms with Gasteiger partial charge in [-0.25, -0.2) is 0 Å². The van der Waals surface area contributed by atoms with Crippen molar-refractivity contribution < 1.29 is 13.9 Å².